The molecular weight excluding hydrogens is 308 g/mol. The number of halogens is 6. The van der Waals surface area contributed by atoms with Gasteiger partial charge >= 0.3 is 12.4 Å². The Kier molecular flexibility index (Phi) is 3.14. The SMILES string of the molecule is Nc1nc(N)n(-c2nc(C(F)(F)F)cc(C(F)(F)F)n2)n1. The first-order valence-electron chi connectivity index (χ1n) is 5.00. The fourth-order valence-corrected chi connectivity index (χ4v) is 1.31. The Morgan fingerprint density at radius 1 is 0.857 bits per heavy atom. The van der Waals surface area contributed by atoms with E-state index in [1.54, 1.807) is 0 Å². The molecule has 0 bridgehead atoms. The predicted octanol–water partition coefficient (Wildman–Crippen LogP) is 1.26. The Hall–Kier alpha value is -2.60. The molecule has 0 aromatic carbocycles. The summed E-state index contributed by atoms with van der Waals surface area (Å²) in [6, 6.07) is -0.222. The third-order valence-electron chi connectivity index (χ3n) is 2.13. The van der Waals surface area contributed by atoms with Crippen molar-refractivity contribution >= 4 is 11.9 Å². The lowest BCUT2D eigenvalue weighted by molar-refractivity contribution is -0.147. The molecule has 0 fully saturated rings. The van der Waals surface area contributed by atoms with E-state index >= 15 is 0 Å². The molecule has 2 rings (SSSR count). The molecule has 0 aliphatic carbocycles. The van der Waals surface area contributed by atoms with Crippen molar-refractivity contribution in [2.75, 3.05) is 11.5 Å². The first kappa shape index (κ1) is 14.8. The lowest BCUT2D eigenvalue weighted by Gasteiger charge is -2.12. The molecule has 2 aromatic heterocycles. The zero-order valence-corrected chi connectivity index (χ0v) is 9.74. The molecule has 0 spiro atoms. The molecular formula is C8H5F6N7. The van der Waals surface area contributed by atoms with Crippen LogP contribution in [0.4, 0.5) is 38.2 Å². The summed E-state index contributed by atoms with van der Waals surface area (Å²) in [6.45, 7) is 0. The molecule has 13 heteroatoms. The summed E-state index contributed by atoms with van der Waals surface area (Å²) < 4.78 is 76.0. The zero-order valence-electron chi connectivity index (χ0n) is 9.74. The zero-order chi connectivity index (χ0) is 16.0. The summed E-state index contributed by atoms with van der Waals surface area (Å²) >= 11 is 0. The molecule has 0 radical (unpaired) electrons. The molecule has 0 saturated carbocycles. The first-order chi connectivity index (χ1) is 9.48. The van der Waals surface area contributed by atoms with Crippen molar-refractivity contribution in [1.82, 2.24) is 24.7 Å². The molecule has 0 amide bonds. The summed E-state index contributed by atoms with van der Waals surface area (Å²) in [4.78, 5) is 9.24. The highest BCUT2D eigenvalue weighted by Gasteiger charge is 2.40. The van der Waals surface area contributed by atoms with Crippen LogP contribution in [0.2, 0.25) is 0 Å². The Labute approximate surface area is 111 Å². The van der Waals surface area contributed by atoms with E-state index in [1.807, 2.05) is 0 Å². The number of alkyl halides is 6. The van der Waals surface area contributed by atoms with E-state index in [0.717, 1.165) is 0 Å². The van der Waals surface area contributed by atoms with Gasteiger partial charge < -0.3 is 11.5 Å². The molecule has 0 aliphatic heterocycles. The lowest BCUT2D eigenvalue weighted by Crippen LogP contribution is -2.19. The normalized spacial score (nSPS) is 12.7. The van der Waals surface area contributed by atoms with Gasteiger partial charge in [-0.1, -0.05) is 0 Å². The second-order valence-corrected chi connectivity index (χ2v) is 3.67. The molecule has 2 aromatic rings. The molecule has 0 atom stereocenters. The van der Waals surface area contributed by atoms with Crippen LogP contribution in [0.3, 0.4) is 0 Å². The fraction of sp³-hybridized carbons (Fsp3) is 0.250. The van der Waals surface area contributed by atoms with Crippen molar-refractivity contribution in [1.29, 1.82) is 0 Å². The van der Waals surface area contributed by atoms with E-state index in [4.69, 9.17) is 11.5 Å². The third-order valence-corrected chi connectivity index (χ3v) is 2.13. The highest BCUT2D eigenvalue weighted by atomic mass is 19.4. The minimum Gasteiger partial charge on any atom is -0.368 e. The second-order valence-electron chi connectivity index (χ2n) is 3.67. The van der Waals surface area contributed by atoms with Crippen molar-refractivity contribution in [2.24, 2.45) is 0 Å². The van der Waals surface area contributed by atoms with Gasteiger partial charge in [-0.2, -0.15) is 36.0 Å². The summed E-state index contributed by atoms with van der Waals surface area (Å²) in [5, 5.41) is 3.33. The van der Waals surface area contributed by atoms with Gasteiger partial charge in [0.15, 0.2) is 11.4 Å². The number of nitrogens with two attached hydrogens (primary N) is 2. The molecule has 7 nitrogen and oxygen atoms in total. The van der Waals surface area contributed by atoms with Gasteiger partial charge in [-0.25, -0.2) is 9.97 Å². The lowest BCUT2D eigenvalue weighted by atomic mass is 10.3. The van der Waals surface area contributed by atoms with Crippen LogP contribution in [-0.4, -0.2) is 24.7 Å². The van der Waals surface area contributed by atoms with Gasteiger partial charge in [-0.05, 0) is 6.07 Å². The van der Waals surface area contributed by atoms with Gasteiger partial charge in [0.25, 0.3) is 5.95 Å². The smallest absolute Gasteiger partial charge is 0.368 e. The standard InChI is InChI=1S/C8H5F6N7/c9-7(10,11)2-1-3(8(12,13)14)18-6(17-2)21-5(16)19-4(15)20-21/h1H,(H4,15,16,19,20). The van der Waals surface area contributed by atoms with E-state index in [1.165, 1.54) is 0 Å². The largest absolute Gasteiger partial charge is 0.433 e. The monoisotopic (exact) mass is 313 g/mol. The van der Waals surface area contributed by atoms with E-state index in [2.05, 4.69) is 20.1 Å². The molecule has 0 saturated heterocycles. The molecule has 0 unspecified atom stereocenters. The van der Waals surface area contributed by atoms with Crippen molar-refractivity contribution in [3.63, 3.8) is 0 Å². The number of hydrogen-bond acceptors (Lipinski definition) is 6. The average molecular weight is 313 g/mol. The second kappa shape index (κ2) is 4.46. The number of nitrogen functional groups attached to an aromatic ring is 2. The van der Waals surface area contributed by atoms with Gasteiger partial charge in [0.05, 0.1) is 0 Å². The van der Waals surface area contributed by atoms with Gasteiger partial charge in [-0.3, -0.25) is 0 Å². The van der Waals surface area contributed by atoms with Crippen molar-refractivity contribution in [3.05, 3.63) is 17.5 Å². The molecule has 21 heavy (non-hydrogen) atoms. The van der Waals surface area contributed by atoms with Crippen molar-refractivity contribution < 1.29 is 26.3 Å². The highest BCUT2D eigenvalue weighted by molar-refractivity contribution is 5.34. The van der Waals surface area contributed by atoms with E-state index < -0.39 is 41.6 Å². The average Bonchev–Trinajstić information content (AvgIpc) is 2.65. The summed E-state index contributed by atoms with van der Waals surface area (Å²) in [7, 11) is 0. The van der Waals surface area contributed by atoms with Crippen LogP contribution in [0.25, 0.3) is 5.95 Å². The van der Waals surface area contributed by atoms with Crippen LogP contribution in [0.15, 0.2) is 6.07 Å². The molecule has 4 N–H and O–H groups in total. The van der Waals surface area contributed by atoms with Crippen molar-refractivity contribution in [3.8, 4) is 5.95 Å². The van der Waals surface area contributed by atoms with Gasteiger partial charge in [0, 0.05) is 0 Å². The van der Waals surface area contributed by atoms with Crippen LogP contribution in [0.1, 0.15) is 11.4 Å². The minimum atomic E-state index is -5.11. The number of rotatable bonds is 1. The quantitative estimate of drug-likeness (QED) is 0.767. The highest BCUT2D eigenvalue weighted by Crippen LogP contribution is 2.33. The van der Waals surface area contributed by atoms with Crippen LogP contribution in [0, 0.1) is 0 Å². The first-order valence-corrected chi connectivity index (χ1v) is 5.00. The maximum atomic E-state index is 12.6. The third kappa shape index (κ3) is 2.95. The summed E-state index contributed by atoms with van der Waals surface area (Å²) in [6.07, 6.45) is -10.2. The van der Waals surface area contributed by atoms with Crippen LogP contribution in [-0.2, 0) is 12.4 Å². The van der Waals surface area contributed by atoms with E-state index in [-0.39, 0.29) is 6.07 Å². The number of nitrogens with zero attached hydrogens (tertiary/aromatic N) is 5. The van der Waals surface area contributed by atoms with E-state index in [0.29, 0.717) is 4.68 Å². The minimum absolute atomic E-state index is 0.222. The van der Waals surface area contributed by atoms with Crippen LogP contribution >= 0.6 is 0 Å². The summed E-state index contributed by atoms with van der Waals surface area (Å²) in [5.41, 5.74) is 6.80. The van der Waals surface area contributed by atoms with Crippen molar-refractivity contribution in [2.45, 2.75) is 12.4 Å². The maximum Gasteiger partial charge on any atom is 0.433 e. The van der Waals surface area contributed by atoms with E-state index in [9.17, 15) is 26.3 Å². The number of anilines is 2. The Balaban J connectivity index is 2.69. The van der Waals surface area contributed by atoms with Gasteiger partial charge in [0.1, 0.15) is 0 Å². The Bertz CT molecular complexity index is 640. The maximum absolute atomic E-state index is 12.6. The summed E-state index contributed by atoms with van der Waals surface area (Å²) in [5.74, 6) is -2.05. The Morgan fingerprint density at radius 3 is 1.67 bits per heavy atom. The molecule has 114 valence electrons. The fourth-order valence-electron chi connectivity index (χ4n) is 1.31. The topological polar surface area (TPSA) is 109 Å². The van der Waals surface area contributed by atoms with Crippen LogP contribution in [0.5, 0.6) is 0 Å². The number of hydrogen-bond donors (Lipinski definition) is 2. The van der Waals surface area contributed by atoms with Gasteiger partial charge in [-0.15, -0.1) is 5.10 Å². The van der Waals surface area contributed by atoms with Gasteiger partial charge in [0.2, 0.25) is 11.9 Å². The molecule has 2 heterocycles. The number of aromatic nitrogens is 5. The molecule has 0 aliphatic rings. The predicted molar refractivity (Wildman–Crippen MR) is 55.8 cm³/mol. The Morgan fingerprint density at radius 2 is 1.33 bits per heavy atom. The van der Waals surface area contributed by atoms with Crippen LogP contribution < -0.4 is 11.5 Å².